The summed E-state index contributed by atoms with van der Waals surface area (Å²) in [7, 11) is -3.68. The van der Waals surface area contributed by atoms with Gasteiger partial charge < -0.3 is 10.2 Å². The molecule has 0 saturated carbocycles. The molecule has 27 heavy (non-hydrogen) atoms. The summed E-state index contributed by atoms with van der Waals surface area (Å²) < 4.78 is 27.7. The molecule has 0 aromatic heterocycles. The SMILES string of the molecule is Cc1ccccc1NS(=O)(=O)c1ccc(NC(=O)N2CCCCCC2)cc1. The number of likely N-dealkylation sites (tertiary alicyclic amines) is 1. The fraction of sp³-hybridized carbons (Fsp3) is 0.350. The average molecular weight is 388 g/mol. The second-order valence-electron chi connectivity index (χ2n) is 6.78. The summed E-state index contributed by atoms with van der Waals surface area (Å²) >= 11 is 0. The second-order valence-corrected chi connectivity index (χ2v) is 8.46. The lowest BCUT2D eigenvalue weighted by molar-refractivity contribution is 0.214. The van der Waals surface area contributed by atoms with Crippen LogP contribution in [0.25, 0.3) is 0 Å². The Hall–Kier alpha value is -2.54. The van der Waals surface area contributed by atoms with E-state index in [0.717, 1.165) is 44.3 Å². The Bertz CT molecular complexity index is 887. The van der Waals surface area contributed by atoms with Crippen molar-refractivity contribution in [2.75, 3.05) is 23.1 Å². The number of para-hydroxylation sites is 1. The van der Waals surface area contributed by atoms with Crippen LogP contribution < -0.4 is 10.0 Å². The van der Waals surface area contributed by atoms with Crippen molar-refractivity contribution in [2.45, 2.75) is 37.5 Å². The molecule has 1 aliphatic rings. The van der Waals surface area contributed by atoms with E-state index >= 15 is 0 Å². The zero-order valence-electron chi connectivity index (χ0n) is 15.4. The zero-order chi connectivity index (χ0) is 19.3. The summed E-state index contributed by atoms with van der Waals surface area (Å²) in [6.45, 7) is 3.37. The Labute approximate surface area is 160 Å². The minimum atomic E-state index is -3.68. The maximum absolute atomic E-state index is 12.6. The van der Waals surface area contributed by atoms with Crippen molar-refractivity contribution in [1.82, 2.24) is 4.90 Å². The predicted octanol–water partition coefficient (Wildman–Crippen LogP) is 4.20. The third-order valence-electron chi connectivity index (χ3n) is 4.70. The van der Waals surface area contributed by atoms with Crippen LogP contribution in [0.2, 0.25) is 0 Å². The average Bonchev–Trinajstić information content (AvgIpc) is 2.93. The molecule has 3 rings (SSSR count). The van der Waals surface area contributed by atoms with Crippen LogP contribution in [0.5, 0.6) is 0 Å². The zero-order valence-corrected chi connectivity index (χ0v) is 16.3. The van der Waals surface area contributed by atoms with E-state index in [1.807, 2.05) is 24.0 Å². The summed E-state index contributed by atoms with van der Waals surface area (Å²) in [5.41, 5.74) is 1.98. The number of carbonyl (C=O) groups excluding carboxylic acids is 1. The molecule has 6 nitrogen and oxygen atoms in total. The summed E-state index contributed by atoms with van der Waals surface area (Å²) in [5.74, 6) is 0. The van der Waals surface area contributed by atoms with Gasteiger partial charge in [0.05, 0.1) is 10.6 Å². The van der Waals surface area contributed by atoms with Crippen LogP contribution in [0.1, 0.15) is 31.2 Å². The topological polar surface area (TPSA) is 78.5 Å². The van der Waals surface area contributed by atoms with Gasteiger partial charge in [0.25, 0.3) is 10.0 Å². The first-order chi connectivity index (χ1) is 13.0. The number of anilines is 2. The normalized spacial score (nSPS) is 15.1. The van der Waals surface area contributed by atoms with E-state index in [4.69, 9.17) is 0 Å². The highest BCUT2D eigenvalue weighted by Gasteiger charge is 2.17. The Morgan fingerprint density at radius 3 is 2.19 bits per heavy atom. The van der Waals surface area contributed by atoms with Crippen LogP contribution >= 0.6 is 0 Å². The van der Waals surface area contributed by atoms with Crippen LogP contribution in [0.3, 0.4) is 0 Å². The van der Waals surface area contributed by atoms with Gasteiger partial charge in [-0.3, -0.25) is 4.72 Å². The number of aryl methyl sites for hydroxylation is 1. The molecule has 0 atom stereocenters. The van der Waals surface area contributed by atoms with Crippen LogP contribution in [0.4, 0.5) is 16.2 Å². The van der Waals surface area contributed by atoms with Gasteiger partial charge in [0.2, 0.25) is 0 Å². The number of hydrogen-bond acceptors (Lipinski definition) is 3. The first-order valence-corrected chi connectivity index (χ1v) is 10.7. The van der Waals surface area contributed by atoms with Crippen molar-refractivity contribution in [3.8, 4) is 0 Å². The molecule has 1 saturated heterocycles. The van der Waals surface area contributed by atoms with Crippen LogP contribution in [-0.2, 0) is 10.0 Å². The summed E-state index contributed by atoms with van der Waals surface area (Å²) in [5, 5.41) is 2.85. The molecular weight excluding hydrogens is 362 g/mol. The van der Waals surface area contributed by atoms with Gasteiger partial charge in [-0.25, -0.2) is 13.2 Å². The van der Waals surface area contributed by atoms with Crippen molar-refractivity contribution in [1.29, 1.82) is 0 Å². The molecule has 144 valence electrons. The van der Waals surface area contributed by atoms with Gasteiger partial charge in [-0.2, -0.15) is 0 Å². The molecule has 2 amide bonds. The third-order valence-corrected chi connectivity index (χ3v) is 6.08. The van der Waals surface area contributed by atoms with E-state index in [-0.39, 0.29) is 10.9 Å². The molecule has 2 N–H and O–H groups in total. The number of nitrogens with one attached hydrogen (secondary N) is 2. The lowest BCUT2D eigenvalue weighted by Gasteiger charge is -2.20. The number of urea groups is 1. The van der Waals surface area contributed by atoms with Gasteiger partial charge in [0.1, 0.15) is 0 Å². The minimum absolute atomic E-state index is 0.134. The van der Waals surface area contributed by atoms with Crippen LogP contribution in [0, 0.1) is 6.92 Å². The molecule has 2 aromatic carbocycles. The van der Waals surface area contributed by atoms with Crippen molar-refractivity contribution in [2.24, 2.45) is 0 Å². The van der Waals surface area contributed by atoms with Crippen molar-refractivity contribution < 1.29 is 13.2 Å². The smallest absolute Gasteiger partial charge is 0.321 e. The largest absolute Gasteiger partial charge is 0.325 e. The number of sulfonamides is 1. The fourth-order valence-corrected chi connectivity index (χ4v) is 4.22. The fourth-order valence-electron chi connectivity index (χ4n) is 3.08. The standard InChI is InChI=1S/C20H25N3O3S/c1-16-8-4-5-9-19(16)22-27(25,26)18-12-10-17(11-13-18)21-20(24)23-14-6-2-3-7-15-23/h4-5,8-13,22H,2-3,6-7,14-15H2,1H3,(H,21,24). The van der Waals surface area contributed by atoms with Gasteiger partial charge in [-0.15, -0.1) is 0 Å². The summed E-state index contributed by atoms with van der Waals surface area (Å²) in [6.07, 6.45) is 4.36. The van der Waals surface area contributed by atoms with E-state index in [2.05, 4.69) is 10.0 Å². The van der Waals surface area contributed by atoms with E-state index in [1.54, 1.807) is 24.3 Å². The highest BCUT2D eigenvalue weighted by molar-refractivity contribution is 7.92. The molecular formula is C20H25N3O3S. The van der Waals surface area contributed by atoms with Crippen molar-refractivity contribution >= 4 is 27.4 Å². The molecule has 0 spiro atoms. The third kappa shape index (κ3) is 5.01. The monoisotopic (exact) mass is 387 g/mol. The molecule has 0 unspecified atom stereocenters. The number of nitrogens with zero attached hydrogens (tertiary/aromatic N) is 1. The van der Waals surface area contributed by atoms with Gasteiger partial charge >= 0.3 is 6.03 Å². The maximum atomic E-state index is 12.6. The minimum Gasteiger partial charge on any atom is -0.325 e. The molecule has 0 aliphatic carbocycles. The first kappa shape index (κ1) is 19.2. The quantitative estimate of drug-likeness (QED) is 0.825. The number of benzene rings is 2. The molecule has 7 heteroatoms. The molecule has 2 aromatic rings. The van der Waals surface area contributed by atoms with E-state index in [0.29, 0.717) is 11.4 Å². The highest BCUT2D eigenvalue weighted by atomic mass is 32.2. The molecule has 1 heterocycles. The van der Waals surface area contributed by atoms with Crippen LogP contribution in [0.15, 0.2) is 53.4 Å². The van der Waals surface area contributed by atoms with Gasteiger partial charge in [-0.1, -0.05) is 31.0 Å². The number of amides is 2. The van der Waals surface area contributed by atoms with Crippen molar-refractivity contribution in [3.63, 3.8) is 0 Å². The Morgan fingerprint density at radius 2 is 1.56 bits per heavy atom. The lowest BCUT2D eigenvalue weighted by atomic mass is 10.2. The van der Waals surface area contributed by atoms with E-state index in [1.165, 1.54) is 12.1 Å². The van der Waals surface area contributed by atoms with Gasteiger partial charge in [0.15, 0.2) is 0 Å². The second kappa shape index (κ2) is 8.43. The first-order valence-electron chi connectivity index (χ1n) is 9.20. The number of carbonyl (C=O) groups is 1. The Kier molecular flexibility index (Phi) is 6.01. The van der Waals surface area contributed by atoms with Crippen LogP contribution in [-0.4, -0.2) is 32.4 Å². The molecule has 1 fully saturated rings. The summed E-state index contributed by atoms with van der Waals surface area (Å²) in [6, 6.07) is 13.3. The molecule has 1 aliphatic heterocycles. The van der Waals surface area contributed by atoms with Gasteiger partial charge in [0, 0.05) is 18.8 Å². The Morgan fingerprint density at radius 1 is 0.926 bits per heavy atom. The lowest BCUT2D eigenvalue weighted by Crippen LogP contribution is -2.35. The summed E-state index contributed by atoms with van der Waals surface area (Å²) in [4.78, 5) is 14.3. The number of rotatable bonds is 4. The molecule has 0 bridgehead atoms. The van der Waals surface area contributed by atoms with E-state index in [9.17, 15) is 13.2 Å². The van der Waals surface area contributed by atoms with Gasteiger partial charge in [-0.05, 0) is 55.7 Å². The maximum Gasteiger partial charge on any atom is 0.321 e. The Balaban J connectivity index is 1.67. The molecule has 0 radical (unpaired) electrons. The predicted molar refractivity (Wildman–Crippen MR) is 107 cm³/mol. The highest BCUT2D eigenvalue weighted by Crippen LogP contribution is 2.21. The number of hydrogen-bond donors (Lipinski definition) is 2. The van der Waals surface area contributed by atoms with E-state index < -0.39 is 10.0 Å². The van der Waals surface area contributed by atoms with Crippen molar-refractivity contribution in [3.05, 3.63) is 54.1 Å².